The highest BCUT2D eigenvalue weighted by Crippen LogP contribution is 1.99. The second-order valence-corrected chi connectivity index (χ2v) is 3.07. The molecule has 0 saturated heterocycles. The van der Waals surface area contributed by atoms with Gasteiger partial charge < -0.3 is 9.64 Å². The molecule has 0 saturated carbocycles. The molecule has 0 aromatic carbocycles. The number of amides is 1. The Balaban J connectivity index is 4.27. The van der Waals surface area contributed by atoms with Gasteiger partial charge in [0.25, 0.3) is 0 Å². The fourth-order valence-corrected chi connectivity index (χ4v) is 1.06. The lowest BCUT2D eigenvalue weighted by Gasteiger charge is -2.23. The van der Waals surface area contributed by atoms with Gasteiger partial charge in [0.15, 0.2) is 0 Å². The predicted molar refractivity (Wildman–Crippen MR) is 53.7 cm³/mol. The van der Waals surface area contributed by atoms with Gasteiger partial charge in [0.05, 0.1) is 0 Å². The van der Waals surface area contributed by atoms with Crippen molar-refractivity contribution in [3.8, 4) is 0 Å². The van der Waals surface area contributed by atoms with Crippen LogP contribution in [0.5, 0.6) is 0 Å². The molecule has 0 fully saturated rings. The third kappa shape index (κ3) is 3.60. The Labute approximate surface area is 84.5 Å². The summed E-state index contributed by atoms with van der Waals surface area (Å²) in [6, 6.07) is 0.00350. The van der Waals surface area contributed by atoms with E-state index in [4.69, 9.17) is 0 Å². The van der Waals surface area contributed by atoms with Crippen molar-refractivity contribution < 1.29 is 14.3 Å². The van der Waals surface area contributed by atoms with E-state index in [1.54, 1.807) is 0 Å². The summed E-state index contributed by atoms with van der Waals surface area (Å²) in [5.41, 5.74) is 0. The zero-order valence-electron chi connectivity index (χ0n) is 8.95. The SMILES string of the molecule is C=CCOC(=O)C(=O)N(CC)C(C)C. The van der Waals surface area contributed by atoms with E-state index in [0.717, 1.165) is 0 Å². The molecule has 0 unspecified atom stereocenters. The lowest BCUT2D eigenvalue weighted by Crippen LogP contribution is -2.41. The zero-order chi connectivity index (χ0) is 11.1. The molecule has 0 heterocycles. The summed E-state index contributed by atoms with van der Waals surface area (Å²) in [6.45, 7) is 9.48. The first-order chi connectivity index (χ1) is 6.54. The van der Waals surface area contributed by atoms with Crippen LogP contribution in [-0.4, -0.2) is 36.0 Å². The minimum Gasteiger partial charge on any atom is -0.454 e. The Hall–Kier alpha value is -1.32. The summed E-state index contributed by atoms with van der Waals surface area (Å²) in [7, 11) is 0. The molecule has 0 radical (unpaired) electrons. The Morgan fingerprint density at radius 1 is 1.50 bits per heavy atom. The number of esters is 1. The van der Waals surface area contributed by atoms with E-state index < -0.39 is 11.9 Å². The van der Waals surface area contributed by atoms with E-state index in [-0.39, 0.29) is 12.6 Å². The molecule has 0 rings (SSSR count). The summed E-state index contributed by atoms with van der Waals surface area (Å²) in [5, 5.41) is 0. The normalized spacial score (nSPS) is 9.71. The lowest BCUT2D eigenvalue weighted by molar-refractivity contribution is -0.160. The van der Waals surface area contributed by atoms with Gasteiger partial charge in [-0.3, -0.25) is 4.79 Å². The van der Waals surface area contributed by atoms with Gasteiger partial charge in [0, 0.05) is 12.6 Å². The summed E-state index contributed by atoms with van der Waals surface area (Å²) in [4.78, 5) is 24.0. The number of carbonyl (C=O) groups excluding carboxylic acids is 2. The van der Waals surface area contributed by atoms with Crippen molar-refractivity contribution in [2.24, 2.45) is 0 Å². The van der Waals surface area contributed by atoms with Crippen LogP contribution in [0, 0.1) is 0 Å². The fraction of sp³-hybridized carbons (Fsp3) is 0.600. The van der Waals surface area contributed by atoms with Crippen molar-refractivity contribution in [1.29, 1.82) is 0 Å². The van der Waals surface area contributed by atoms with Crippen LogP contribution in [0.3, 0.4) is 0 Å². The van der Waals surface area contributed by atoms with E-state index in [1.165, 1.54) is 11.0 Å². The summed E-state index contributed by atoms with van der Waals surface area (Å²) >= 11 is 0. The van der Waals surface area contributed by atoms with E-state index in [0.29, 0.717) is 6.54 Å². The Kier molecular flexibility index (Phi) is 5.60. The molecule has 0 aliphatic heterocycles. The molecule has 0 bridgehead atoms. The van der Waals surface area contributed by atoms with Crippen LogP contribution in [0.15, 0.2) is 12.7 Å². The summed E-state index contributed by atoms with van der Waals surface area (Å²) < 4.78 is 4.64. The number of hydrogen-bond acceptors (Lipinski definition) is 3. The highest BCUT2D eigenvalue weighted by molar-refractivity contribution is 6.32. The standard InChI is InChI=1S/C10H17NO3/c1-5-7-14-10(13)9(12)11(6-2)8(3)4/h5,8H,1,6-7H2,2-4H3. The maximum atomic E-state index is 11.4. The van der Waals surface area contributed by atoms with Crippen molar-refractivity contribution in [3.05, 3.63) is 12.7 Å². The number of nitrogens with zero attached hydrogens (tertiary/aromatic N) is 1. The van der Waals surface area contributed by atoms with E-state index in [9.17, 15) is 9.59 Å². The van der Waals surface area contributed by atoms with Gasteiger partial charge in [-0.15, -0.1) is 0 Å². The minimum absolute atomic E-state index is 0.00350. The summed E-state index contributed by atoms with van der Waals surface area (Å²) in [6.07, 6.45) is 1.43. The van der Waals surface area contributed by atoms with Gasteiger partial charge in [-0.2, -0.15) is 0 Å². The highest BCUT2D eigenvalue weighted by Gasteiger charge is 2.23. The molecule has 14 heavy (non-hydrogen) atoms. The molecule has 0 aromatic rings. The first kappa shape index (κ1) is 12.7. The Bertz CT molecular complexity index is 223. The molecule has 0 aromatic heterocycles. The van der Waals surface area contributed by atoms with Crippen molar-refractivity contribution in [1.82, 2.24) is 4.90 Å². The van der Waals surface area contributed by atoms with E-state index >= 15 is 0 Å². The maximum absolute atomic E-state index is 11.4. The van der Waals surface area contributed by atoms with Gasteiger partial charge in [-0.25, -0.2) is 4.79 Å². The van der Waals surface area contributed by atoms with Crippen molar-refractivity contribution >= 4 is 11.9 Å². The van der Waals surface area contributed by atoms with E-state index in [2.05, 4.69) is 11.3 Å². The van der Waals surface area contributed by atoms with E-state index in [1.807, 2.05) is 20.8 Å². The fourth-order valence-electron chi connectivity index (χ4n) is 1.06. The number of hydrogen-bond donors (Lipinski definition) is 0. The monoisotopic (exact) mass is 199 g/mol. The molecule has 80 valence electrons. The molecular formula is C10H17NO3. The van der Waals surface area contributed by atoms with Gasteiger partial charge >= 0.3 is 11.9 Å². The molecule has 0 spiro atoms. The van der Waals surface area contributed by atoms with Crippen LogP contribution >= 0.6 is 0 Å². The molecule has 0 aliphatic rings. The van der Waals surface area contributed by atoms with Crippen LogP contribution in [0.4, 0.5) is 0 Å². The van der Waals surface area contributed by atoms with Crippen LogP contribution in [0.25, 0.3) is 0 Å². The number of likely N-dealkylation sites (N-methyl/N-ethyl adjacent to an activating group) is 1. The third-order valence-electron chi connectivity index (χ3n) is 1.73. The third-order valence-corrected chi connectivity index (χ3v) is 1.73. The van der Waals surface area contributed by atoms with Crippen LogP contribution < -0.4 is 0 Å². The first-order valence-electron chi connectivity index (χ1n) is 4.63. The lowest BCUT2D eigenvalue weighted by atomic mass is 10.3. The quantitative estimate of drug-likeness (QED) is 0.385. The summed E-state index contributed by atoms with van der Waals surface area (Å²) in [5.74, 6) is -1.41. The Morgan fingerprint density at radius 3 is 2.43 bits per heavy atom. The minimum atomic E-state index is -0.819. The van der Waals surface area contributed by atoms with Crippen molar-refractivity contribution in [2.45, 2.75) is 26.8 Å². The van der Waals surface area contributed by atoms with Crippen molar-refractivity contribution in [3.63, 3.8) is 0 Å². The maximum Gasteiger partial charge on any atom is 0.397 e. The highest BCUT2D eigenvalue weighted by atomic mass is 16.5. The molecule has 0 aliphatic carbocycles. The predicted octanol–water partition coefficient (Wildman–Crippen LogP) is 0.972. The molecule has 4 heteroatoms. The molecule has 0 N–H and O–H groups in total. The molecule has 0 atom stereocenters. The van der Waals surface area contributed by atoms with Gasteiger partial charge in [-0.05, 0) is 20.8 Å². The molecule has 1 amide bonds. The second kappa shape index (κ2) is 6.18. The van der Waals surface area contributed by atoms with Gasteiger partial charge in [0.2, 0.25) is 0 Å². The number of carbonyl (C=O) groups is 2. The molecule has 4 nitrogen and oxygen atoms in total. The van der Waals surface area contributed by atoms with Crippen LogP contribution in [0.1, 0.15) is 20.8 Å². The molecular weight excluding hydrogens is 182 g/mol. The van der Waals surface area contributed by atoms with Gasteiger partial charge in [0.1, 0.15) is 6.61 Å². The zero-order valence-corrected chi connectivity index (χ0v) is 8.95. The number of ether oxygens (including phenoxy) is 1. The first-order valence-corrected chi connectivity index (χ1v) is 4.63. The topological polar surface area (TPSA) is 46.6 Å². The van der Waals surface area contributed by atoms with Gasteiger partial charge in [-0.1, -0.05) is 12.7 Å². The number of rotatable bonds is 4. The van der Waals surface area contributed by atoms with Crippen LogP contribution in [-0.2, 0) is 14.3 Å². The second-order valence-electron chi connectivity index (χ2n) is 3.07. The van der Waals surface area contributed by atoms with Crippen molar-refractivity contribution in [2.75, 3.05) is 13.2 Å². The average molecular weight is 199 g/mol. The van der Waals surface area contributed by atoms with Crippen LogP contribution in [0.2, 0.25) is 0 Å². The largest absolute Gasteiger partial charge is 0.454 e. The Morgan fingerprint density at radius 2 is 2.07 bits per heavy atom. The smallest absolute Gasteiger partial charge is 0.397 e. The average Bonchev–Trinajstić information content (AvgIpc) is 2.14.